The number of anilines is 1. The van der Waals surface area contributed by atoms with Crippen LogP contribution in [0.3, 0.4) is 0 Å². The number of nitrogens with one attached hydrogen (secondary N) is 1. The minimum absolute atomic E-state index is 0.0191. The lowest BCUT2D eigenvalue weighted by Gasteiger charge is -2.19. The van der Waals surface area contributed by atoms with Crippen LogP contribution in [0.15, 0.2) is 18.2 Å². The Bertz CT molecular complexity index is 626. The first-order chi connectivity index (χ1) is 10.5. The Kier molecular flexibility index (Phi) is 5.73. The molecule has 0 fully saturated rings. The van der Waals surface area contributed by atoms with Crippen LogP contribution in [0, 0.1) is 11.8 Å². The van der Waals surface area contributed by atoms with E-state index < -0.39 is 23.8 Å². The maximum atomic E-state index is 12.2. The summed E-state index contributed by atoms with van der Waals surface area (Å²) in [6.45, 7) is 5.13. The molecule has 0 radical (unpaired) electrons. The third-order valence-electron chi connectivity index (χ3n) is 2.19. The summed E-state index contributed by atoms with van der Waals surface area (Å²) < 4.78 is 45.4. The Morgan fingerprint density at radius 2 is 1.96 bits per heavy atom. The van der Waals surface area contributed by atoms with Crippen molar-refractivity contribution in [3.05, 3.63) is 23.8 Å². The summed E-state index contributed by atoms with van der Waals surface area (Å²) in [7, 11) is 0. The number of alkyl halides is 3. The maximum absolute atomic E-state index is 12.2. The van der Waals surface area contributed by atoms with Crippen molar-refractivity contribution in [3.8, 4) is 17.6 Å². The molecular weight excluding hydrogens is 313 g/mol. The van der Waals surface area contributed by atoms with Gasteiger partial charge in [0.05, 0.1) is 12.2 Å². The van der Waals surface area contributed by atoms with Crippen molar-refractivity contribution in [1.82, 2.24) is 5.32 Å². The molecule has 1 amide bonds. The van der Waals surface area contributed by atoms with Crippen molar-refractivity contribution < 1.29 is 27.4 Å². The molecule has 0 saturated carbocycles. The summed E-state index contributed by atoms with van der Waals surface area (Å²) in [6.07, 6.45) is -5.47. The molecule has 5 nitrogen and oxygen atoms in total. The van der Waals surface area contributed by atoms with E-state index in [0.717, 1.165) is 6.07 Å². The predicted molar refractivity (Wildman–Crippen MR) is 78.7 cm³/mol. The van der Waals surface area contributed by atoms with E-state index in [1.54, 1.807) is 20.8 Å². The van der Waals surface area contributed by atoms with E-state index >= 15 is 0 Å². The van der Waals surface area contributed by atoms with Gasteiger partial charge in [-0.2, -0.15) is 0 Å². The molecule has 0 aromatic heterocycles. The van der Waals surface area contributed by atoms with Gasteiger partial charge in [-0.1, -0.05) is 11.8 Å². The number of nitrogen functional groups attached to an aromatic ring is 1. The topological polar surface area (TPSA) is 73.6 Å². The normalized spacial score (nSPS) is 11.2. The number of halogens is 3. The van der Waals surface area contributed by atoms with Crippen molar-refractivity contribution in [3.63, 3.8) is 0 Å². The number of amides is 1. The lowest BCUT2D eigenvalue weighted by atomic mass is 10.2. The van der Waals surface area contributed by atoms with Crippen molar-refractivity contribution in [2.45, 2.75) is 32.7 Å². The van der Waals surface area contributed by atoms with Gasteiger partial charge in [0.25, 0.3) is 0 Å². The highest BCUT2D eigenvalue weighted by molar-refractivity contribution is 5.68. The summed E-state index contributed by atoms with van der Waals surface area (Å²) in [4.78, 5) is 11.4. The molecule has 8 heteroatoms. The first-order valence-corrected chi connectivity index (χ1v) is 6.57. The fourth-order valence-electron chi connectivity index (χ4n) is 1.40. The largest absolute Gasteiger partial charge is 0.573 e. The van der Waals surface area contributed by atoms with E-state index in [1.807, 2.05) is 0 Å². The SMILES string of the molecule is CC(C)(C)OC(=O)NCC#Cc1ccc(N)c(OC(F)(F)F)c1. The molecule has 0 bridgehead atoms. The van der Waals surface area contributed by atoms with Crippen molar-refractivity contribution >= 4 is 11.8 Å². The highest BCUT2D eigenvalue weighted by Crippen LogP contribution is 2.28. The van der Waals surface area contributed by atoms with Crippen LogP contribution in [0.25, 0.3) is 0 Å². The smallest absolute Gasteiger partial charge is 0.444 e. The Hall–Kier alpha value is -2.56. The molecule has 0 saturated heterocycles. The molecule has 23 heavy (non-hydrogen) atoms. The lowest BCUT2D eigenvalue weighted by Crippen LogP contribution is -2.32. The van der Waals surface area contributed by atoms with Gasteiger partial charge in [-0.25, -0.2) is 4.79 Å². The molecule has 1 rings (SSSR count). The number of carbonyl (C=O) groups is 1. The van der Waals surface area contributed by atoms with Gasteiger partial charge in [-0.05, 0) is 39.0 Å². The molecule has 0 heterocycles. The van der Waals surface area contributed by atoms with Crippen LogP contribution < -0.4 is 15.8 Å². The molecule has 3 N–H and O–H groups in total. The number of carbonyl (C=O) groups excluding carboxylic acids is 1. The van der Waals surface area contributed by atoms with Gasteiger partial charge in [-0.15, -0.1) is 13.2 Å². The summed E-state index contributed by atoms with van der Waals surface area (Å²) in [6, 6.07) is 3.77. The molecule has 1 aromatic carbocycles. The first-order valence-electron chi connectivity index (χ1n) is 6.57. The summed E-state index contributed by atoms with van der Waals surface area (Å²) in [5.41, 5.74) is 4.89. The Labute approximate surface area is 131 Å². The lowest BCUT2D eigenvalue weighted by molar-refractivity contribution is -0.274. The number of hydrogen-bond donors (Lipinski definition) is 2. The summed E-state index contributed by atoms with van der Waals surface area (Å²) >= 11 is 0. The Morgan fingerprint density at radius 1 is 1.30 bits per heavy atom. The van der Waals surface area contributed by atoms with Gasteiger partial charge in [0.2, 0.25) is 0 Å². The standard InChI is InChI=1S/C15H17F3N2O3/c1-14(2,3)23-13(21)20-8-4-5-10-6-7-11(19)12(9-10)22-15(16,17)18/h6-7,9H,8,19H2,1-3H3,(H,20,21). The first kappa shape index (κ1) is 18.5. The third kappa shape index (κ3) is 7.85. The summed E-state index contributed by atoms with van der Waals surface area (Å²) in [5, 5.41) is 2.40. The van der Waals surface area contributed by atoms with E-state index in [1.165, 1.54) is 12.1 Å². The minimum Gasteiger partial charge on any atom is -0.444 e. The van der Waals surface area contributed by atoms with Crippen LogP contribution in [0.1, 0.15) is 26.3 Å². The fraction of sp³-hybridized carbons (Fsp3) is 0.400. The van der Waals surface area contributed by atoms with Crippen LogP contribution in [0.4, 0.5) is 23.7 Å². The highest BCUT2D eigenvalue weighted by Gasteiger charge is 2.32. The van der Waals surface area contributed by atoms with Crippen LogP contribution in [-0.2, 0) is 4.74 Å². The number of hydrogen-bond acceptors (Lipinski definition) is 4. The second kappa shape index (κ2) is 7.13. The van der Waals surface area contributed by atoms with Gasteiger partial charge in [0, 0.05) is 5.56 Å². The third-order valence-corrected chi connectivity index (χ3v) is 2.19. The Morgan fingerprint density at radius 3 is 2.52 bits per heavy atom. The van der Waals surface area contributed by atoms with Crippen molar-refractivity contribution in [2.24, 2.45) is 0 Å². The number of ether oxygens (including phenoxy) is 2. The molecule has 0 atom stereocenters. The second-order valence-electron chi connectivity index (χ2n) is 5.46. The van der Waals surface area contributed by atoms with Gasteiger partial charge < -0.3 is 20.5 Å². The fourth-order valence-corrected chi connectivity index (χ4v) is 1.40. The van der Waals surface area contributed by atoms with Gasteiger partial charge in [-0.3, -0.25) is 0 Å². The van der Waals surface area contributed by atoms with Gasteiger partial charge >= 0.3 is 12.5 Å². The second-order valence-corrected chi connectivity index (χ2v) is 5.46. The average Bonchev–Trinajstić information content (AvgIpc) is 2.34. The van der Waals surface area contributed by atoms with E-state index in [-0.39, 0.29) is 17.8 Å². The average molecular weight is 330 g/mol. The number of rotatable bonds is 2. The van der Waals surface area contributed by atoms with Gasteiger partial charge in [0.15, 0.2) is 5.75 Å². The van der Waals surface area contributed by atoms with Crippen molar-refractivity contribution in [2.75, 3.05) is 12.3 Å². The maximum Gasteiger partial charge on any atom is 0.573 e. The highest BCUT2D eigenvalue weighted by atomic mass is 19.4. The van der Waals surface area contributed by atoms with Crippen LogP contribution >= 0.6 is 0 Å². The zero-order valence-corrected chi connectivity index (χ0v) is 12.9. The predicted octanol–water partition coefficient (Wildman–Crippen LogP) is 3.04. The monoisotopic (exact) mass is 330 g/mol. The summed E-state index contributed by atoms with van der Waals surface area (Å²) in [5.74, 6) is 4.66. The van der Waals surface area contributed by atoms with Gasteiger partial charge in [0.1, 0.15) is 5.60 Å². The molecule has 0 aliphatic heterocycles. The Balaban J connectivity index is 2.65. The van der Waals surface area contributed by atoms with E-state index in [2.05, 4.69) is 21.9 Å². The van der Waals surface area contributed by atoms with Crippen LogP contribution in [0.2, 0.25) is 0 Å². The van der Waals surface area contributed by atoms with Crippen molar-refractivity contribution in [1.29, 1.82) is 0 Å². The zero-order valence-electron chi connectivity index (χ0n) is 12.9. The number of alkyl carbamates (subject to hydrolysis) is 1. The zero-order chi connectivity index (χ0) is 17.7. The van der Waals surface area contributed by atoms with Crippen LogP contribution in [-0.4, -0.2) is 24.6 Å². The number of nitrogens with two attached hydrogens (primary N) is 1. The van der Waals surface area contributed by atoms with E-state index in [4.69, 9.17) is 10.5 Å². The molecule has 1 aromatic rings. The molecular formula is C15H17F3N2O3. The molecule has 0 unspecified atom stereocenters. The van der Waals surface area contributed by atoms with Crippen LogP contribution in [0.5, 0.6) is 5.75 Å². The minimum atomic E-state index is -4.83. The van der Waals surface area contributed by atoms with E-state index in [9.17, 15) is 18.0 Å². The molecule has 0 aliphatic rings. The quantitative estimate of drug-likeness (QED) is 0.646. The number of benzene rings is 1. The molecule has 0 aliphatic carbocycles. The van der Waals surface area contributed by atoms with E-state index in [0.29, 0.717) is 0 Å². The molecule has 126 valence electrons. The molecule has 0 spiro atoms.